The van der Waals surface area contributed by atoms with E-state index in [-0.39, 0.29) is 11.6 Å². The predicted molar refractivity (Wildman–Crippen MR) is 61.6 cm³/mol. The summed E-state index contributed by atoms with van der Waals surface area (Å²) in [6.45, 7) is -0.0942. The average Bonchev–Trinajstić information content (AvgIpc) is 2.34. The van der Waals surface area contributed by atoms with Gasteiger partial charge in [-0.3, -0.25) is 0 Å². The normalized spacial score (nSPS) is 10.3. The lowest BCUT2D eigenvalue weighted by molar-refractivity contribution is 0.281. The van der Waals surface area contributed by atoms with E-state index in [1.165, 1.54) is 24.4 Å². The highest BCUT2D eigenvalue weighted by molar-refractivity contribution is 6.30. The lowest BCUT2D eigenvalue weighted by atomic mass is 10.3. The number of rotatable bonds is 3. The van der Waals surface area contributed by atoms with Crippen molar-refractivity contribution >= 4 is 11.6 Å². The smallest absolute Gasteiger partial charge is 0.219 e. The molecular weight excluding hydrogens is 245 g/mol. The number of nitrogens with zero attached hydrogens (tertiary/aromatic N) is 1. The minimum absolute atomic E-state index is 0.0131. The van der Waals surface area contributed by atoms with Gasteiger partial charge in [-0.2, -0.15) is 0 Å². The lowest BCUT2D eigenvalue weighted by Crippen LogP contribution is -1.91. The van der Waals surface area contributed by atoms with Gasteiger partial charge in [0.05, 0.1) is 11.6 Å². The van der Waals surface area contributed by atoms with Crippen molar-refractivity contribution in [1.29, 1.82) is 0 Å². The minimum atomic E-state index is -0.504. The van der Waals surface area contributed by atoms with Crippen LogP contribution in [-0.2, 0) is 6.61 Å². The van der Waals surface area contributed by atoms with E-state index in [1.807, 2.05) is 0 Å². The molecule has 1 N–H and O–H groups in total. The molecule has 0 radical (unpaired) electrons. The Labute approximate surface area is 102 Å². The molecule has 0 aliphatic carbocycles. The second-order valence-electron chi connectivity index (χ2n) is 3.34. The number of halogens is 2. The van der Waals surface area contributed by atoms with E-state index in [4.69, 9.17) is 21.4 Å². The molecule has 0 fully saturated rings. The SMILES string of the molecule is OCc1ccnc(Oc2ccc(F)c(Cl)c2)c1. The quantitative estimate of drug-likeness (QED) is 0.914. The van der Waals surface area contributed by atoms with E-state index >= 15 is 0 Å². The summed E-state index contributed by atoms with van der Waals surface area (Å²) in [6.07, 6.45) is 1.52. The van der Waals surface area contributed by atoms with Crippen molar-refractivity contribution in [2.45, 2.75) is 6.61 Å². The van der Waals surface area contributed by atoms with Crippen LogP contribution in [0.15, 0.2) is 36.5 Å². The third-order valence-electron chi connectivity index (χ3n) is 2.10. The molecule has 88 valence electrons. The maximum Gasteiger partial charge on any atom is 0.219 e. The fourth-order valence-corrected chi connectivity index (χ4v) is 1.44. The van der Waals surface area contributed by atoms with Crippen molar-refractivity contribution < 1.29 is 14.2 Å². The molecule has 3 nitrogen and oxygen atoms in total. The van der Waals surface area contributed by atoms with Gasteiger partial charge in [-0.1, -0.05) is 11.6 Å². The summed E-state index contributed by atoms with van der Waals surface area (Å²) in [5.74, 6) is 0.203. The molecule has 17 heavy (non-hydrogen) atoms. The summed E-state index contributed by atoms with van der Waals surface area (Å²) in [5, 5.41) is 8.94. The van der Waals surface area contributed by atoms with Crippen LogP contribution in [0.1, 0.15) is 5.56 Å². The average molecular weight is 254 g/mol. The number of aliphatic hydroxyl groups is 1. The first-order valence-corrected chi connectivity index (χ1v) is 5.25. The molecule has 0 saturated heterocycles. The van der Waals surface area contributed by atoms with Crippen LogP contribution in [-0.4, -0.2) is 10.1 Å². The first-order chi connectivity index (χ1) is 8.19. The van der Waals surface area contributed by atoms with Crippen molar-refractivity contribution in [3.8, 4) is 11.6 Å². The van der Waals surface area contributed by atoms with Crippen LogP contribution >= 0.6 is 11.6 Å². The van der Waals surface area contributed by atoms with E-state index in [9.17, 15) is 4.39 Å². The molecule has 0 saturated carbocycles. The van der Waals surface area contributed by atoms with Crippen LogP contribution in [0.3, 0.4) is 0 Å². The molecule has 2 rings (SSSR count). The number of aliphatic hydroxyl groups excluding tert-OH is 1. The summed E-state index contributed by atoms with van der Waals surface area (Å²) >= 11 is 5.62. The van der Waals surface area contributed by atoms with Gasteiger partial charge in [0.25, 0.3) is 0 Å². The maximum atomic E-state index is 12.9. The van der Waals surface area contributed by atoms with Gasteiger partial charge >= 0.3 is 0 Å². The van der Waals surface area contributed by atoms with Crippen molar-refractivity contribution in [3.05, 3.63) is 52.9 Å². The molecule has 0 aliphatic rings. The van der Waals surface area contributed by atoms with Gasteiger partial charge in [-0.15, -0.1) is 0 Å². The van der Waals surface area contributed by atoms with E-state index in [2.05, 4.69) is 4.98 Å². The van der Waals surface area contributed by atoms with Gasteiger partial charge < -0.3 is 9.84 Å². The third kappa shape index (κ3) is 2.93. The Bertz CT molecular complexity index is 534. The van der Waals surface area contributed by atoms with Crippen molar-refractivity contribution in [1.82, 2.24) is 4.98 Å². The Kier molecular flexibility index (Phi) is 3.56. The van der Waals surface area contributed by atoms with Crippen LogP contribution in [0.5, 0.6) is 11.6 Å². The Balaban J connectivity index is 2.22. The zero-order valence-electron chi connectivity index (χ0n) is 8.73. The Morgan fingerprint density at radius 3 is 2.82 bits per heavy atom. The number of ether oxygens (including phenoxy) is 1. The molecule has 2 aromatic rings. The van der Waals surface area contributed by atoms with Gasteiger partial charge in [-0.05, 0) is 23.8 Å². The molecule has 0 bridgehead atoms. The highest BCUT2D eigenvalue weighted by Crippen LogP contribution is 2.25. The zero-order chi connectivity index (χ0) is 12.3. The first-order valence-electron chi connectivity index (χ1n) is 4.88. The Morgan fingerprint density at radius 1 is 1.29 bits per heavy atom. The molecule has 1 aromatic carbocycles. The molecule has 0 atom stereocenters. The summed E-state index contributed by atoms with van der Waals surface area (Å²) in [7, 11) is 0. The van der Waals surface area contributed by atoms with Gasteiger partial charge in [0.2, 0.25) is 5.88 Å². The molecule has 0 aliphatic heterocycles. The zero-order valence-corrected chi connectivity index (χ0v) is 9.49. The third-order valence-corrected chi connectivity index (χ3v) is 2.38. The molecule has 0 amide bonds. The molecule has 0 spiro atoms. The summed E-state index contributed by atoms with van der Waals surface area (Å²) in [4.78, 5) is 3.96. The van der Waals surface area contributed by atoms with Gasteiger partial charge in [0.1, 0.15) is 11.6 Å². The van der Waals surface area contributed by atoms with Crippen molar-refractivity contribution in [2.24, 2.45) is 0 Å². The van der Waals surface area contributed by atoms with Crippen LogP contribution in [0.4, 0.5) is 4.39 Å². The topological polar surface area (TPSA) is 42.4 Å². The second kappa shape index (κ2) is 5.12. The molecular formula is C12H9ClFNO2. The lowest BCUT2D eigenvalue weighted by Gasteiger charge is -2.06. The van der Waals surface area contributed by atoms with E-state index in [1.54, 1.807) is 12.1 Å². The van der Waals surface area contributed by atoms with Crippen molar-refractivity contribution in [2.75, 3.05) is 0 Å². The van der Waals surface area contributed by atoms with Gasteiger partial charge in [0, 0.05) is 18.3 Å². The number of benzene rings is 1. The summed E-state index contributed by atoms with van der Waals surface area (Å²) < 4.78 is 18.3. The van der Waals surface area contributed by atoms with Crippen LogP contribution in [0.2, 0.25) is 5.02 Å². The van der Waals surface area contributed by atoms with Crippen LogP contribution in [0.25, 0.3) is 0 Å². The van der Waals surface area contributed by atoms with Crippen LogP contribution in [0, 0.1) is 5.82 Å². The number of aromatic nitrogens is 1. The predicted octanol–water partition coefficient (Wildman–Crippen LogP) is 3.16. The highest BCUT2D eigenvalue weighted by atomic mass is 35.5. The molecule has 0 unspecified atom stereocenters. The Morgan fingerprint density at radius 2 is 2.12 bits per heavy atom. The van der Waals surface area contributed by atoms with Crippen molar-refractivity contribution in [3.63, 3.8) is 0 Å². The standard InChI is InChI=1S/C12H9ClFNO2/c13-10-6-9(1-2-11(10)14)17-12-5-8(7-16)3-4-15-12/h1-6,16H,7H2. The van der Waals surface area contributed by atoms with E-state index < -0.39 is 5.82 Å². The monoisotopic (exact) mass is 253 g/mol. The van der Waals surface area contributed by atoms with E-state index in [0.717, 1.165) is 0 Å². The summed E-state index contributed by atoms with van der Waals surface area (Å²) in [6, 6.07) is 7.30. The second-order valence-corrected chi connectivity index (χ2v) is 3.75. The van der Waals surface area contributed by atoms with Crippen LogP contribution < -0.4 is 4.74 Å². The largest absolute Gasteiger partial charge is 0.439 e. The molecule has 1 aromatic heterocycles. The highest BCUT2D eigenvalue weighted by Gasteiger charge is 2.04. The number of hydrogen-bond donors (Lipinski definition) is 1. The van der Waals surface area contributed by atoms with Gasteiger partial charge in [-0.25, -0.2) is 9.37 Å². The fraction of sp³-hybridized carbons (Fsp3) is 0.0833. The number of pyridine rings is 1. The Hall–Kier alpha value is -1.65. The fourth-order valence-electron chi connectivity index (χ4n) is 1.27. The van der Waals surface area contributed by atoms with E-state index in [0.29, 0.717) is 17.2 Å². The molecule has 1 heterocycles. The first kappa shape index (κ1) is 11.8. The maximum absolute atomic E-state index is 12.9. The molecule has 5 heteroatoms. The minimum Gasteiger partial charge on any atom is -0.439 e. The van der Waals surface area contributed by atoms with Gasteiger partial charge in [0.15, 0.2) is 0 Å². The summed E-state index contributed by atoms with van der Waals surface area (Å²) in [5.41, 5.74) is 0.684. The number of hydrogen-bond acceptors (Lipinski definition) is 3.